The van der Waals surface area contributed by atoms with Crippen molar-refractivity contribution in [2.75, 3.05) is 0 Å². The minimum absolute atomic E-state index is 0.0845. The molecule has 0 unspecified atom stereocenters. The minimum atomic E-state index is -0.0845. The first-order chi connectivity index (χ1) is 6.22. The number of ketones is 1. The molecule has 0 saturated heterocycles. The van der Waals surface area contributed by atoms with E-state index in [2.05, 4.69) is 25.2 Å². The smallest absolute Gasteiger partial charge is 0.144 e. The van der Waals surface area contributed by atoms with E-state index in [0.29, 0.717) is 17.6 Å². The summed E-state index contributed by atoms with van der Waals surface area (Å²) in [6, 6.07) is 0. The fourth-order valence-electron chi connectivity index (χ4n) is 3.28. The van der Waals surface area contributed by atoms with Crippen LogP contribution in [0.5, 0.6) is 0 Å². The molecule has 0 amide bonds. The van der Waals surface area contributed by atoms with Gasteiger partial charge in [-0.05, 0) is 31.6 Å². The van der Waals surface area contributed by atoms with Gasteiger partial charge in [0.2, 0.25) is 0 Å². The Hall–Kier alpha value is -0.850. The minimum Gasteiger partial charge on any atom is -0.299 e. The molecule has 2 bridgehead atoms. The normalized spacial score (nSPS) is 46.5. The van der Waals surface area contributed by atoms with Crippen LogP contribution in [0.4, 0.5) is 0 Å². The molecule has 0 aliphatic heterocycles. The fraction of sp³-hybridized carbons (Fsp3) is 0.583. The van der Waals surface area contributed by atoms with Crippen LogP contribution in [-0.4, -0.2) is 5.78 Å². The van der Waals surface area contributed by atoms with Crippen molar-refractivity contribution in [2.24, 2.45) is 17.3 Å². The molecule has 3 atom stereocenters. The van der Waals surface area contributed by atoms with E-state index in [1.54, 1.807) is 0 Å². The summed E-state index contributed by atoms with van der Waals surface area (Å²) in [5, 5.41) is 0. The molecule has 0 aromatic carbocycles. The standard InChI is InChI=1S/C12H14O/c1-8-7-12-4-2-3-10(12)5-9(8)6-11(12)13/h2-3,7,9-10H,4-6H2,1H3/t9-,10+,12+/m1/s1. The summed E-state index contributed by atoms with van der Waals surface area (Å²) in [6.45, 7) is 2.19. The van der Waals surface area contributed by atoms with E-state index in [9.17, 15) is 4.79 Å². The molecule has 1 heteroatoms. The van der Waals surface area contributed by atoms with Crippen LogP contribution in [0.15, 0.2) is 23.8 Å². The lowest BCUT2D eigenvalue weighted by Crippen LogP contribution is -2.44. The third kappa shape index (κ3) is 0.756. The molecule has 1 spiro atoms. The Morgan fingerprint density at radius 2 is 2.38 bits per heavy atom. The molecule has 1 fully saturated rings. The predicted molar refractivity (Wildman–Crippen MR) is 51.2 cm³/mol. The highest BCUT2D eigenvalue weighted by atomic mass is 16.1. The summed E-state index contributed by atoms with van der Waals surface area (Å²) in [4.78, 5) is 11.9. The summed E-state index contributed by atoms with van der Waals surface area (Å²) in [5.41, 5.74) is 1.37. The van der Waals surface area contributed by atoms with Gasteiger partial charge in [0, 0.05) is 6.42 Å². The molecule has 0 aromatic heterocycles. The quantitative estimate of drug-likeness (QED) is 0.516. The van der Waals surface area contributed by atoms with E-state index in [0.717, 1.165) is 12.8 Å². The van der Waals surface area contributed by atoms with Crippen molar-refractivity contribution in [2.45, 2.75) is 26.2 Å². The first kappa shape index (κ1) is 7.54. The highest BCUT2D eigenvalue weighted by Crippen LogP contribution is 2.55. The van der Waals surface area contributed by atoms with Crippen LogP contribution in [0.2, 0.25) is 0 Å². The molecule has 0 aromatic rings. The highest BCUT2D eigenvalue weighted by Gasteiger charge is 2.52. The van der Waals surface area contributed by atoms with E-state index in [-0.39, 0.29) is 5.41 Å². The summed E-state index contributed by atoms with van der Waals surface area (Å²) in [5.74, 6) is 1.58. The first-order valence-electron chi connectivity index (χ1n) is 5.12. The van der Waals surface area contributed by atoms with Crippen molar-refractivity contribution in [3.8, 4) is 0 Å². The average molecular weight is 174 g/mol. The van der Waals surface area contributed by atoms with Gasteiger partial charge in [0.25, 0.3) is 0 Å². The second-order valence-electron chi connectivity index (χ2n) is 4.73. The number of carbonyl (C=O) groups excluding carboxylic acids is 1. The SMILES string of the molecule is CC1=C[C@@]23CC=C[C@H]2C[C@@H]1CC3=O. The van der Waals surface area contributed by atoms with Gasteiger partial charge in [-0.3, -0.25) is 4.79 Å². The molecular weight excluding hydrogens is 160 g/mol. The van der Waals surface area contributed by atoms with Crippen LogP contribution in [-0.2, 0) is 4.79 Å². The molecule has 1 nitrogen and oxygen atoms in total. The van der Waals surface area contributed by atoms with Gasteiger partial charge in [0.1, 0.15) is 5.78 Å². The largest absolute Gasteiger partial charge is 0.299 e. The van der Waals surface area contributed by atoms with Crippen molar-refractivity contribution in [3.63, 3.8) is 0 Å². The molecule has 4 rings (SSSR count). The second kappa shape index (κ2) is 2.14. The topological polar surface area (TPSA) is 17.1 Å². The Kier molecular flexibility index (Phi) is 1.24. The van der Waals surface area contributed by atoms with Gasteiger partial charge in [-0.15, -0.1) is 0 Å². The van der Waals surface area contributed by atoms with E-state index in [4.69, 9.17) is 0 Å². The van der Waals surface area contributed by atoms with Gasteiger partial charge in [-0.1, -0.05) is 23.8 Å². The summed E-state index contributed by atoms with van der Waals surface area (Å²) >= 11 is 0. The molecule has 1 saturated carbocycles. The van der Waals surface area contributed by atoms with Gasteiger partial charge >= 0.3 is 0 Å². The Morgan fingerprint density at radius 1 is 1.54 bits per heavy atom. The lowest BCUT2D eigenvalue weighted by atomic mass is 9.57. The number of allylic oxidation sites excluding steroid dienone is 4. The van der Waals surface area contributed by atoms with Crippen LogP contribution in [0, 0.1) is 17.3 Å². The maximum absolute atomic E-state index is 11.9. The average Bonchev–Trinajstić information content (AvgIpc) is 2.48. The Bertz CT molecular complexity index is 337. The number of hydrogen-bond donors (Lipinski definition) is 0. The lowest BCUT2D eigenvalue weighted by molar-refractivity contribution is -0.132. The highest BCUT2D eigenvalue weighted by molar-refractivity contribution is 5.91. The van der Waals surface area contributed by atoms with Crippen LogP contribution >= 0.6 is 0 Å². The molecule has 0 heterocycles. The molecular formula is C12H14O. The zero-order valence-corrected chi connectivity index (χ0v) is 7.92. The van der Waals surface area contributed by atoms with Gasteiger partial charge in [-0.25, -0.2) is 0 Å². The van der Waals surface area contributed by atoms with Gasteiger partial charge < -0.3 is 0 Å². The second-order valence-corrected chi connectivity index (χ2v) is 4.73. The number of rotatable bonds is 0. The summed E-state index contributed by atoms with van der Waals surface area (Å²) < 4.78 is 0. The number of hydrogen-bond acceptors (Lipinski definition) is 1. The summed E-state index contributed by atoms with van der Waals surface area (Å²) in [7, 11) is 0. The van der Waals surface area contributed by atoms with Crippen molar-refractivity contribution < 1.29 is 4.79 Å². The number of fused-ring (bicyclic) bond motifs is 1. The van der Waals surface area contributed by atoms with Crippen molar-refractivity contribution in [3.05, 3.63) is 23.8 Å². The van der Waals surface area contributed by atoms with E-state index >= 15 is 0 Å². The molecule has 0 N–H and O–H groups in total. The van der Waals surface area contributed by atoms with Crippen molar-refractivity contribution in [1.82, 2.24) is 0 Å². The fourth-order valence-corrected chi connectivity index (χ4v) is 3.28. The van der Waals surface area contributed by atoms with Crippen molar-refractivity contribution in [1.29, 1.82) is 0 Å². The lowest BCUT2D eigenvalue weighted by Gasteiger charge is -2.45. The third-order valence-corrected chi connectivity index (χ3v) is 4.10. The molecule has 0 radical (unpaired) electrons. The van der Waals surface area contributed by atoms with Gasteiger partial charge in [0.15, 0.2) is 0 Å². The molecule has 13 heavy (non-hydrogen) atoms. The summed E-state index contributed by atoms with van der Waals surface area (Å²) in [6.07, 6.45) is 9.69. The van der Waals surface area contributed by atoms with E-state index in [1.807, 2.05) is 0 Å². The number of Topliss-reactive ketones (excluding diaryl/α,β-unsaturated/α-hetero) is 1. The van der Waals surface area contributed by atoms with Crippen LogP contribution in [0.3, 0.4) is 0 Å². The van der Waals surface area contributed by atoms with Gasteiger partial charge in [-0.2, -0.15) is 0 Å². The van der Waals surface area contributed by atoms with Crippen LogP contribution in [0.1, 0.15) is 26.2 Å². The van der Waals surface area contributed by atoms with Gasteiger partial charge in [0.05, 0.1) is 5.41 Å². The van der Waals surface area contributed by atoms with Crippen molar-refractivity contribution >= 4 is 5.78 Å². The Morgan fingerprint density at radius 3 is 3.23 bits per heavy atom. The van der Waals surface area contributed by atoms with E-state index in [1.165, 1.54) is 12.0 Å². The maximum atomic E-state index is 11.9. The maximum Gasteiger partial charge on any atom is 0.144 e. The van der Waals surface area contributed by atoms with Crippen LogP contribution < -0.4 is 0 Å². The Labute approximate surface area is 78.5 Å². The third-order valence-electron chi connectivity index (χ3n) is 4.10. The monoisotopic (exact) mass is 174 g/mol. The zero-order valence-electron chi connectivity index (χ0n) is 7.92. The Balaban J connectivity index is 2.17. The number of carbonyl (C=O) groups is 1. The van der Waals surface area contributed by atoms with E-state index < -0.39 is 0 Å². The molecule has 68 valence electrons. The first-order valence-corrected chi connectivity index (χ1v) is 5.12. The molecule has 4 aliphatic carbocycles. The predicted octanol–water partition coefficient (Wildman–Crippen LogP) is 2.49. The van der Waals surface area contributed by atoms with Crippen LogP contribution in [0.25, 0.3) is 0 Å². The zero-order chi connectivity index (χ0) is 9.05. The molecule has 4 aliphatic rings.